The van der Waals surface area contributed by atoms with E-state index in [-0.39, 0.29) is 24.4 Å². The molecule has 0 fully saturated rings. The molecule has 0 saturated heterocycles. The maximum Gasteiger partial charge on any atom is 0.401 e. The lowest BCUT2D eigenvalue weighted by Crippen LogP contribution is -2.35. The van der Waals surface area contributed by atoms with Gasteiger partial charge in [0.25, 0.3) is 0 Å². The van der Waals surface area contributed by atoms with Crippen molar-refractivity contribution in [3.05, 3.63) is 136 Å². The molecule has 4 nitrogen and oxygen atoms in total. The van der Waals surface area contributed by atoms with Crippen LogP contribution in [0.3, 0.4) is 0 Å². The quantitative estimate of drug-likeness (QED) is 0.232. The van der Waals surface area contributed by atoms with Crippen molar-refractivity contribution in [2.75, 3.05) is 0 Å². The summed E-state index contributed by atoms with van der Waals surface area (Å²) in [7, 11) is 0. The molecule has 41 heavy (non-hydrogen) atoms. The highest BCUT2D eigenvalue weighted by Gasteiger charge is 2.51. The topological polar surface area (TPSA) is 55.1 Å². The Balaban J connectivity index is 1.52. The molecule has 1 unspecified atom stereocenters. The molecule has 4 aromatic rings. The zero-order valence-corrected chi connectivity index (χ0v) is 23.0. The van der Waals surface area contributed by atoms with Crippen molar-refractivity contribution in [3.8, 4) is 11.3 Å². The molecule has 1 atom stereocenters. The van der Waals surface area contributed by atoms with Crippen molar-refractivity contribution in [2.45, 2.75) is 19.1 Å². The van der Waals surface area contributed by atoms with Crippen LogP contribution in [-0.4, -0.2) is 26.8 Å². The van der Waals surface area contributed by atoms with Crippen LogP contribution in [0, 0.1) is 5.41 Å². The van der Waals surface area contributed by atoms with Crippen molar-refractivity contribution in [1.82, 2.24) is 9.55 Å². The molecule has 0 spiro atoms. The molecule has 1 N–H and O–H groups in total. The van der Waals surface area contributed by atoms with Crippen molar-refractivity contribution in [2.24, 2.45) is 5.41 Å². The lowest BCUT2D eigenvalue weighted by molar-refractivity contribution is -0.188. The molecule has 1 heterocycles. The first-order chi connectivity index (χ1) is 19.5. The Bertz CT molecular complexity index is 1670. The average Bonchev–Trinajstić information content (AvgIpc) is 3.34. The van der Waals surface area contributed by atoms with Crippen molar-refractivity contribution in [3.63, 3.8) is 0 Å². The summed E-state index contributed by atoms with van der Waals surface area (Å²) in [4.78, 5) is 15.9. The van der Waals surface area contributed by atoms with Gasteiger partial charge in [0.1, 0.15) is 11.2 Å². The average molecular weight is 595 g/mol. The summed E-state index contributed by atoms with van der Waals surface area (Å²) in [5.74, 6) is -0.770. The highest BCUT2D eigenvalue weighted by molar-refractivity contribution is 6.36. The second kappa shape index (κ2) is 11.4. The number of hydrogen-bond acceptors (Lipinski definition) is 2. The second-order valence-corrected chi connectivity index (χ2v) is 10.5. The molecule has 208 valence electrons. The van der Waals surface area contributed by atoms with Crippen LogP contribution < -0.4 is 0 Å². The lowest BCUT2D eigenvalue weighted by Gasteiger charge is -2.31. The number of carbonyl (C=O) groups is 1. The van der Waals surface area contributed by atoms with E-state index in [1.807, 2.05) is 30.3 Å². The zero-order chi connectivity index (χ0) is 29.2. The minimum Gasteiger partial charge on any atom is -0.478 e. The summed E-state index contributed by atoms with van der Waals surface area (Å²) < 4.78 is 45.2. The van der Waals surface area contributed by atoms with E-state index < -0.39 is 17.6 Å². The number of halogens is 5. The first-order valence-corrected chi connectivity index (χ1v) is 13.4. The van der Waals surface area contributed by atoms with Gasteiger partial charge in [0.05, 0.1) is 16.3 Å². The van der Waals surface area contributed by atoms with E-state index in [9.17, 15) is 23.1 Å². The number of aromatic carboxylic acids is 1. The molecule has 3 aromatic carbocycles. The first-order valence-electron chi connectivity index (χ1n) is 12.6. The molecule has 0 bridgehead atoms. The fraction of sp³-hybridized carbons (Fsp3) is 0.125. The molecule has 0 radical (unpaired) electrons. The van der Waals surface area contributed by atoms with Gasteiger partial charge in [-0.25, -0.2) is 9.78 Å². The largest absolute Gasteiger partial charge is 0.478 e. The Labute approximate surface area is 244 Å². The molecule has 0 aliphatic heterocycles. The van der Waals surface area contributed by atoms with E-state index in [0.29, 0.717) is 21.3 Å². The molecule has 0 amide bonds. The summed E-state index contributed by atoms with van der Waals surface area (Å²) in [5.41, 5.74) is 1.26. The van der Waals surface area contributed by atoms with Crippen LogP contribution in [0.4, 0.5) is 13.2 Å². The Hall–Kier alpha value is -4.07. The van der Waals surface area contributed by atoms with Gasteiger partial charge in [-0.05, 0) is 59.5 Å². The number of hydrogen-bond donors (Lipinski definition) is 1. The minimum absolute atomic E-state index is 0.132. The third-order valence-corrected chi connectivity index (χ3v) is 7.50. The number of allylic oxidation sites excluding steroid dienone is 5. The van der Waals surface area contributed by atoms with Crippen LogP contribution >= 0.6 is 23.2 Å². The van der Waals surface area contributed by atoms with Crippen LogP contribution in [-0.2, 0) is 6.54 Å². The van der Waals surface area contributed by atoms with Crippen LogP contribution in [0.2, 0.25) is 10.0 Å². The maximum atomic E-state index is 14.5. The van der Waals surface area contributed by atoms with Crippen LogP contribution in [0.15, 0.2) is 103 Å². The molecule has 9 heteroatoms. The summed E-state index contributed by atoms with van der Waals surface area (Å²) in [5, 5.41) is 9.99. The highest BCUT2D eigenvalue weighted by atomic mass is 35.5. The first kappa shape index (κ1) is 28.5. The Morgan fingerprint density at radius 2 is 1.78 bits per heavy atom. The second-order valence-electron chi connectivity index (χ2n) is 9.67. The lowest BCUT2D eigenvalue weighted by atomic mass is 9.78. The van der Waals surface area contributed by atoms with E-state index in [1.165, 1.54) is 30.4 Å². The number of carboxylic acid groups (broad SMARTS) is 1. The van der Waals surface area contributed by atoms with Gasteiger partial charge in [-0.3, -0.25) is 0 Å². The predicted molar refractivity (Wildman–Crippen MR) is 156 cm³/mol. The van der Waals surface area contributed by atoms with Gasteiger partial charge in [-0.15, -0.1) is 0 Å². The molecule has 1 aliphatic rings. The van der Waals surface area contributed by atoms with Crippen LogP contribution in [0.25, 0.3) is 22.9 Å². The van der Waals surface area contributed by atoms with Crippen molar-refractivity contribution >= 4 is 40.8 Å². The Kier molecular flexibility index (Phi) is 7.93. The Morgan fingerprint density at radius 3 is 2.39 bits per heavy atom. The summed E-state index contributed by atoms with van der Waals surface area (Å²) >= 11 is 12.5. The highest BCUT2D eigenvalue weighted by Crippen LogP contribution is 2.47. The van der Waals surface area contributed by atoms with Crippen molar-refractivity contribution < 1.29 is 23.1 Å². The van der Waals surface area contributed by atoms with Gasteiger partial charge in [0.2, 0.25) is 0 Å². The number of benzene rings is 3. The van der Waals surface area contributed by atoms with Gasteiger partial charge in [-0.2, -0.15) is 13.2 Å². The predicted octanol–water partition coefficient (Wildman–Crippen LogP) is 9.21. The monoisotopic (exact) mass is 594 g/mol. The number of alkyl halides is 3. The third-order valence-electron chi connectivity index (χ3n) is 6.95. The maximum absolute atomic E-state index is 14.5. The van der Waals surface area contributed by atoms with Gasteiger partial charge < -0.3 is 9.67 Å². The minimum atomic E-state index is -4.55. The fourth-order valence-corrected chi connectivity index (χ4v) is 5.12. The summed E-state index contributed by atoms with van der Waals surface area (Å²) in [6, 6.07) is 20.4. The van der Waals surface area contributed by atoms with E-state index in [2.05, 4.69) is 4.98 Å². The summed E-state index contributed by atoms with van der Waals surface area (Å²) in [6.07, 6.45) is 3.70. The summed E-state index contributed by atoms with van der Waals surface area (Å²) in [6.45, 7) is 0.241. The van der Waals surface area contributed by atoms with E-state index >= 15 is 0 Å². The van der Waals surface area contributed by atoms with Crippen LogP contribution in [0.1, 0.15) is 33.7 Å². The van der Waals surface area contributed by atoms with E-state index in [4.69, 9.17) is 23.2 Å². The number of carboxylic acids is 1. The van der Waals surface area contributed by atoms with E-state index in [0.717, 1.165) is 22.8 Å². The number of aromatic nitrogens is 2. The zero-order valence-electron chi connectivity index (χ0n) is 21.4. The van der Waals surface area contributed by atoms with Crippen LogP contribution in [0.5, 0.6) is 0 Å². The normalized spacial score (nSPS) is 17.1. The standard InChI is InChI=1S/C32H23Cl2F3N2O2/c33-25-10-11-26(27(34)18-25)28-20-39(19-21-6-8-24(9-7-21)30(40)41)29(38-28)14-17-31(32(35,36)37)15-12-23(13-16-31)22-4-2-1-3-5-22/h1-15,17-18,20H,16,19H2,(H,40,41)/b17-14+. The van der Waals surface area contributed by atoms with Crippen molar-refractivity contribution in [1.29, 1.82) is 0 Å². The molecular weight excluding hydrogens is 572 g/mol. The molecule has 1 aliphatic carbocycles. The van der Waals surface area contributed by atoms with Gasteiger partial charge in [-0.1, -0.05) is 90.0 Å². The Morgan fingerprint density at radius 1 is 1.05 bits per heavy atom. The van der Waals surface area contributed by atoms with Gasteiger partial charge in [0, 0.05) is 23.3 Å². The van der Waals surface area contributed by atoms with Gasteiger partial charge >= 0.3 is 12.1 Å². The molecule has 0 saturated carbocycles. The number of rotatable bonds is 7. The fourth-order valence-electron chi connectivity index (χ4n) is 4.62. The molecule has 1 aromatic heterocycles. The smallest absolute Gasteiger partial charge is 0.401 e. The molecule has 5 rings (SSSR count). The van der Waals surface area contributed by atoms with E-state index in [1.54, 1.807) is 47.2 Å². The number of nitrogens with zero attached hydrogens (tertiary/aromatic N) is 2. The third kappa shape index (κ3) is 6.16. The number of imidazole rings is 1. The molecular formula is C32H23Cl2F3N2O2. The van der Waals surface area contributed by atoms with Gasteiger partial charge in [0.15, 0.2) is 0 Å². The SMILES string of the molecule is O=C(O)c1ccc(Cn2cc(-c3ccc(Cl)cc3Cl)nc2/C=C/C2(C(F)(F)F)C=CC(c3ccccc3)=CC2)cc1.